The molecule has 0 spiro atoms. The Hall–Kier alpha value is -2.27. The smallest absolute Gasteiger partial charge is 0.300 e. The second kappa shape index (κ2) is 6.24. The first-order valence-corrected chi connectivity index (χ1v) is 7.40. The van der Waals surface area contributed by atoms with Gasteiger partial charge in [0.15, 0.2) is 0 Å². The van der Waals surface area contributed by atoms with E-state index in [0.29, 0.717) is 6.54 Å². The fraction of sp³-hybridized carbons (Fsp3) is 0.235. The molecule has 0 bridgehead atoms. The van der Waals surface area contributed by atoms with Crippen LogP contribution in [0.2, 0.25) is 0 Å². The summed E-state index contributed by atoms with van der Waals surface area (Å²) in [5, 5.41) is 12.8. The van der Waals surface area contributed by atoms with Gasteiger partial charge in [-0.2, -0.15) is 0 Å². The molecule has 1 heterocycles. The van der Waals surface area contributed by atoms with E-state index in [2.05, 4.69) is 10.2 Å². The van der Waals surface area contributed by atoms with E-state index in [1.165, 1.54) is 7.28 Å². The number of carbonyl (C=O) groups is 1. The maximum Gasteiger partial charge on any atom is 0.300 e. The van der Waals surface area contributed by atoms with Crippen molar-refractivity contribution in [2.45, 2.75) is 5.44 Å². The molecule has 5 heteroatoms. The third-order valence-corrected chi connectivity index (χ3v) is 4.09. The van der Waals surface area contributed by atoms with Crippen molar-refractivity contribution in [2.24, 2.45) is 0 Å². The van der Waals surface area contributed by atoms with Crippen molar-refractivity contribution in [2.75, 3.05) is 24.5 Å². The summed E-state index contributed by atoms with van der Waals surface area (Å²) >= 11 is 0. The van der Waals surface area contributed by atoms with Crippen molar-refractivity contribution in [3.05, 3.63) is 66.2 Å². The molecule has 1 saturated heterocycles. The number of rotatable bonds is 4. The average molecular weight is 293 g/mol. The molecule has 0 amide bonds. The van der Waals surface area contributed by atoms with Gasteiger partial charge in [0.1, 0.15) is 0 Å². The number of carboxylic acid groups (broad SMARTS) is 1. The summed E-state index contributed by atoms with van der Waals surface area (Å²) in [6, 6.07) is 19.8. The van der Waals surface area contributed by atoms with Gasteiger partial charge in [0.2, 0.25) is 5.87 Å². The van der Waals surface area contributed by atoms with E-state index in [1.54, 1.807) is 0 Å². The van der Waals surface area contributed by atoms with Crippen LogP contribution >= 0.6 is 0 Å². The molecule has 0 aromatic heterocycles. The highest BCUT2D eigenvalue weighted by molar-refractivity contribution is 6.74. The maximum atomic E-state index is 11.5. The molecule has 1 aliphatic heterocycles. The first kappa shape index (κ1) is 14.7. The molecule has 1 aliphatic rings. The number of para-hydroxylation sites is 1. The van der Waals surface area contributed by atoms with Crippen LogP contribution in [0.15, 0.2) is 60.7 Å². The van der Waals surface area contributed by atoms with Crippen LogP contribution in [-0.2, 0) is 5.44 Å². The number of nitrogens with one attached hydrogen (secondary N) is 1. The third kappa shape index (κ3) is 2.72. The van der Waals surface area contributed by atoms with Gasteiger partial charge in [-0.05, 0) is 17.7 Å². The van der Waals surface area contributed by atoms with Crippen LogP contribution in [0.3, 0.4) is 0 Å². The van der Waals surface area contributed by atoms with Crippen molar-refractivity contribution in [1.82, 2.24) is 5.32 Å². The van der Waals surface area contributed by atoms with Crippen molar-refractivity contribution in [3.63, 3.8) is 0 Å². The maximum absolute atomic E-state index is 11.5. The first-order chi connectivity index (χ1) is 10.7. The Bertz CT molecular complexity index is 636. The minimum absolute atomic E-state index is 0.568. The van der Waals surface area contributed by atoms with Crippen LogP contribution in [-0.4, -0.2) is 37.9 Å². The normalized spacial score (nSPS) is 21.4. The lowest BCUT2D eigenvalue weighted by molar-refractivity contribution is 0.218. The van der Waals surface area contributed by atoms with Gasteiger partial charge in [0.25, 0.3) is 7.28 Å². The zero-order valence-electron chi connectivity index (χ0n) is 12.3. The van der Waals surface area contributed by atoms with Gasteiger partial charge in [-0.15, -0.1) is 0 Å². The molecule has 1 unspecified atom stereocenters. The van der Waals surface area contributed by atoms with E-state index < -0.39 is 11.3 Å². The Labute approximate surface area is 131 Å². The molecular formula is C17H18BN2O2. The minimum atomic E-state index is -0.909. The van der Waals surface area contributed by atoms with Gasteiger partial charge in [-0.3, -0.25) is 4.79 Å². The lowest BCUT2D eigenvalue weighted by Gasteiger charge is -2.48. The fourth-order valence-electron chi connectivity index (χ4n) is 3.13. The van der Waals surface area contributed by atoms with E-state index in [9.17, 15) is 9.90 Å². The number of benzene rings is 2. The van der Waals surface area contributed by atoms with Crippen LogP contribution in [0.4, 0.5) is 10.5 Å². The summed E-state index contributed by atoms with van der Waals surface area (Å²) in [5.74, 6) is -0.909. The fourth-order valence-corrected chi connectivity index (χ4v) is 3.13. The quantitative estimate of drug-likeness (QED) is 0.850. The summed E-state index contributed by atoms with van der Waals surface area (Å²) in [7, 11) is 1.40. The van der Waals surface area contributed by atoms with Crippen LogP contribution in [0.25, 0.3) is 0 Å². The Kier molecular flexibility index (Phi) is 4.16. The summed E-state index contributed by atoms with van der Waals surface area (Å²) in [6.07, 6.45) is 0. The summed E-state index contributed by atoms with van der Waals surface area (Å²) in [6.45, 7) is 2.15. The Morgan fingerprint density at radius 2 is 1.73 bits per heavy atom. The molecule has 2 aromatic carbocycles. The van der Waals surface area contributed by atoms with Gasteiger partial charge in [-0.25, -0.2) is 0 Å². The molecule has 0 saturated carbocycles. The van der Waals surface area contributed by atoms with E-state index in [0.717, 1.165) is 24.3 Å². The number of nitrogens with zero attached hydrogens (tertiary/aromatic N) is 1. The van der Waals surface area contributed by atoms with Gasteiger partial charge in [-0.1, -0.05) is 48.5 Å². The molecule has 1 radical (unpaired) electrons. The second-order valence-electron chi connectivity index (χ2n) is 5.44. The summed E-state index contributed by atoms with van der Waals surface area (Å²) < 4.78 is 0. The SMILES string of the molecule is O=C(O)[B]C1(c2ccccc2)CNCCN1c1ccccc1. The molecule has 3 rings (SSSR count). The summed E-state index contributed by atoms with van der Waals surface area (Å²) in [5.41, 5.74) is 1.32. The van der Waals surface area contributed by atoms with Crippen LogP contribution in [0, 0.1) is 0 Å². The zero-order chi connectivity index (χ0) is 15.4. The van der Waals surface area contributed by atoms with Gasteiger partial charge in [0, 0.05) is 25.3 Å². The Morgan fingerprint density at radius 1 is 1.09 bits per heavy atom. The van der Waals surface area contributed by atoms with E-state index in [1.807, 2.05) is 60.7 Å². The van der Waals surface area contributed by atoms with Gasteiger partial charge >= 0.3 is 0 Å². The highest BCUT2D eigenvalue weighted by Crippen LogP contribution is 2.33. The molecule has 2 aromatic rings. The third-order valence-electron chi connectivity index (χ3n) is 4.09. The van der Waals surface area contributed by atoms with Crippen molar-refractivity contribution < 1.29 is 9.90 Å². The van der Waals surface area contributed by atoms with Gasteiger partial charge in [0.05, 0.1) is 5.44 Å². The molecule has 1 fully saturated rings. The molecular weight excluding hydrogens is 275 g/mol. The topological polar surface area (TPSA) is 52.6 Å². The van der Waals surface area contributed by atoms with Crippen molar-refractivity contribution in [3.8, 4) is 0 Å². The van der Waals surface area contributed by atoms with Crippen LogP contribution in [0.5, 0.6) is 0 Å². The lowest BCUT2D eigenvalue weighted by atomic mass is 9.53. The highest BCUT2D eigenvalue weighted by atomic mass is 16.4. The second-order valence-corrected chi connectivity index (χ2v) is 5.44. The molecule has 2 N–H and O–H groups in total. The minimum Gasteiger partial charge on any atom is -0.490 e. The molecule has 1 atom stereocenters. The predicted octanol–water partition coefficient (Wildman–Crippen LogP) is 2.33. The standard InChI is InChI=1S/C17H18BN2O2/c21-16(22)18-17(14-7-3-1-4-8-14)13-19-11-12-20(17)15-9-5-2-6-10-15/h1-10,19H,11-13H2,(H,21,22). The molecule has 22 heavy (non-hydrogen) atoms. The Morgan fingerprint density at radius 3 is 2.36 bits per heavy atom. The predicted molar refractivity (Wildman–Crippen MR) is 88.6 cm³/mol. The Balaban J connectivity index is 2.10. The van der Waals surface area contributed by atoms with Crippen LogP contribution < -0.4 is 10.2 Å². The molecule has 111 valence electrons. The van der Waals surface area contributed by atoms with Crippen molar-refractivity contribution >= 4 is 18.8 Å². The average Bonchev–Trinajstić information content (AvgIpc) is 2.56. The first-order valence-electron chi connectivity index (χ1n) is 7.40. The summed E-state index contributed by atoms with van der Waals surface area (Å²) in [4.78, 5) is 13.7. The lowest BCUT2D eigenvalue weighted by Crippen LogP contribution is -2.63. The number of anilines is 1. The molecule has 0 aliphatic carbocycles. The van der Waals surface area contributed by atoms with Crippen molar-refractivity contribution in [1.29, 1.82) is 0 Å². The monoisotopic (exact) mass is 293 g/mol. The largest absolute Gasteiger partial charge is 0.490 e. The van der Waals surface area contributed by atoms with Crippen LogP contribution in [0.1, 0.15) is 5.56 Å². The number of hydrogen-bond donors (Lipinski definition) is 2. The van der Waals surface area contributed by atoms with E-state index in [4.69, 9.17) is 0 Å². The zero-order valence-corrected chi connectivity index (χ0v) is 12.3. The number of hydrogen-bond acceptors (Lipinski definition) is 3. The van der Waals surface area contributed by atoms with Gasteiger partial charge < -0.3 is 15.3 Å². The molecule has 4 nitrogen and oxygen atoms in total. The highest BCUT2D eigenvalue weighted by Gasteiger charge is 2.43. The van der Waals surface area contributed by atoms with E-state index in [-0.39, 0.29) is 0 Å². The van der Waals surface area contributed by atoms with E-state index >= 15 is 0 Å². The number of piperazine rings is 1.